The highest BCUT2D eigenvalue weighted by molar-refractivity contribution is 7.52. The first kappa shape index (κ1) is 35.9. The van der Waals surface area contributed by atoms with E-state index in [0.717, 1.165) is 12.3 Å². The van der Waals surface area contributed by atoms with Crippen molar-refractivity contribution in [2.75, 3.05) is 18.5 Å². The summed E-state index contributed by atoms with van der Waals surface area (Å²) in [6.07, 6.45) is -6.51. The number of carbonyl (C=O) groups excluding carboxylic acids is 2. The summed E-state index contributed by atoms with van der Waals surface area (Å²) in [6.45, 7) is 5.80. The minimum atomic E-state index is -4.50. The topological polar surface area (TPSA) is 186 Å². The van der Waals surface area contributed by atoms with Crippen molar-refractivity contribution in [1.29, 1.82) is 0 Å². The molecule has 1 fully saturated rings. The summed E-state index contributed by atoms with van der Waals surface area (Å²) in [5.74, 6) is -4.87. The van der Waals surface area contributed by atoms with Crippen molar-refractivity contribution in [1.82, 2.24) is 14.6 Å². The van der Waals surface area contributed by atoms with Crippen molar-refractivity contribution in [3.05, 3.63) is 76.8 Å². The molecule has 0 radical (unpaired) electrons. The van der Waals surface area contributed by atoms with Crippen molar-refractivity contribution in [2.24, 2.45) is 0 Å². The zero-order chi connectivity index (χ0) is 35.5. The Balaban J connectivity index is 1.28. The summed E-state index contributed by atoms with van der Waals surface area (Å²) in [5.41, 5.74) is -1.07. The molecule has 5 rings (SSSR count). The van der Waals surface area contributed by atoms with Crippen LogP contribution in [0.5, 0.6) is 17.2 Å². The zero-order valence-corrected chi connectivity index (χ0v) is 27.7. The van der Waals surface area contributed by atoms with Gasteiger partial charge < -0.3 is 33.9 Å². The summed E-state index contributed by atoms with van der Waals surface area (Å²) in [6, 6.07) is 12.1. The number of hydrogen-bond donors (Lipinski definition) is 3. The van der Waals surface area contributed by atoms with Crippen molar-refractivity contribution >= 4 is 25.4 Å². The van der Waals surface area contributed by atoms with Crippen LogP contribution in [0.15, 0.2) is 65.6 Å². The van der Waals surface area contributed by atoms with Gasteiger partial charge in [0.1, 0.15) is 36.4 Å². The summed E-state index contributed by atoms with van der Waals surface area (Å²) >= 11 is 0. The van der Waals surface area contributed by atoms with Crippen LogP contribution >= 0.6 is 7.75 Å². The van der Waals surface area contributed by atoms with E-state index in [1.807, 2.05) is 0 Å². The second-order valence-corrected chi connectivity index (χ2v) is 13.2. The van der Waals surface area contributed by atoms with Gasteiger partial charge in [0, 0.05) is 11.8 Å². The fraction of sp³-hybridized carbons (Fsp3) is 0.419. The Morgan fingerprint density at radius 2 is 1.88 bits per heavy atom. The lowest BCUT2D eigenvalue weighted by atomic mass is 10.1. The molecule has 1 amide bonds. The van der Waals surface area contributed by atoms with Crippen LogP contribution < -0.4 is 30.1 Å². The molecule has 3 aromatic rings. The molecular formula is C31H35F2N4O11P. The van der Waals surface area contributed by atoms with Crippen molar-refractivity contribution < 1.29 is 56.0 Å². The van der Waals surface area contributed by atoms with Gasteiger partial charge in [-0.15, -0.1) is 0 Å². The second-order valence-electron chi connectivity index (χ2n) is 11.5. The van der Waals surface area contributed by atoms with E-state index >= 15 is 8.78 Å². The molecule has 264 valence electrons. The number of hydrogen-bond acceptors (Lipinski definition) is 12. The molecule has 2 aromatic carbocycles. The number of carbonyl (C=O) groups is 2. The fourth-order valence-electron chi connectivity index (χ4n) is 4.78. The molecule has 0 bridgehead atoms. The number of aromatic nitrogens is 2. The molecular weight excluding hydrogens is 673 g/mol. The van der Waals surface area contributed by atoms with Crippen LogP contribution in [-0.2, 0) is 23.4 Å². The number of benzene rings is 2. The number of halogens is 2. The number of aliphatic hydroxyl groups is 1. The maximum Gasteiger partial charge on any atom is 0.459 e. The predicted molar refractivity (Wildman–Crippen MR) is 168 cm³/mol. The van der Waals surface area contributed by atoms with E-state index in [9.17, 15) is 24.1 Å². The van der Waals surface area contributed by atoms with Crippen molar-refractivity contribution in [3.63, 3.8) is 0 Å². The standard InChI is InChI=1S/C31H35F2N4O11P/c1-17(2)45-28(40)19(4)36-49(42,48-21-8-6-5-7-9-21)44-16-24-26(38)31(32,33)29(47-24)37-13-12-25(35-30(37)41)34-27(39)20-10-11-22-23(14-20)46-18(3)15-43-22/h5-14,17-19,24,26,29,38H,15-16H2,1-4H3,(H,36,42)(H,34,35,39,41)/t18?,19-,24-,26-,29?,49?/m1/s1. The molecule has 2 aliphatic heterocycles. The molecule has 6 atom stereocenters. The number of para-hydroxylation sites is 1. The van der Waals surface area contributed by atoms with E-state index in [0.29, 0.717) is 22.7 Å². The number of fused-ring (bicyclic) bond motifs is 1. The third kappa shape index (κ3) is 8.43. The van der Waals surface area contributed by atoms with Gasteiger partial charge in [-0.05, 0) is 64.1 Å². The molecule has 49 heavy (non-hydrogen) atoms. The quantitative estimate of drug-likeness (QED) is 0.183. The normalized spacial score (nSPS) is 22.9. The number of nitrogens with one attached hydrogen (secondary N) is 2. The molecule has 15 nitrogen and oxygen atoms in total. The van der Waals surface area contributed by atoms with Gasteiger partial charge in [0.15, 0.2) is 17.6 Å². The highest BCUT2D eigenvalue weighted by Crippen LogP contribution is 2.48. The van der Waals surface area contributed by atoms with Crippen LogP contribution in [-0.4, -0.2) is 76.1 Å². The first-order chi connectivity index (χ1) is 23.1. The lowest BCUT2D eigenvalue weighted by Gasteiger charge is -2.25. The maximum atomic E-state index is 15.3. The Bertz CT molecular complexity index is 1780. The van der Waals surface area contributed by atoms with Gasteiger partial charge in [0.05, 0.1) is 12.7 Å². The van der Waals surface area contributed by atoms with Crippen LogP contribution in [0, 0.1) is 0 Å². The van der Waals surface area contributed by atoms with Crippen LogP contribution in [0.3, 0.4) is 0 Å². The Hall–Kier alpha value is -4.41. The van der Waals surface area contributed by atoms with E-state index in [-0.39, 0.29) is 23.2 Å². The number of anilines is 1. The monoisotopic (exact) mass is 708 g/mol. The van der Waals surface area contributed by atoms with Gasteiger partial charge in [-0.2, -0.15) is 18.9 Å². The van der Waals surface area contributed by atoms with Gasteiger partial charge in [-0.3, -0.25) is 18.7 Å². The third-order valence-corrected chi connectivity index (χ3v) is 8.79. The number of amides is 1. The Kier molecular flexibility index (Phi) is 10.7. The molecule has 3 heterocycles. The van der Waals surface area contributed by atoms with E-state index in [1.54, 1.807) is 45.0 Å². The molecule has 18 heteroatoms. The summed E-state index contributed by atoms with van der Waals surface area (Å²) in [4.78, 5) is 41.8. The molecule has 3 unspecified atom stereocenters. The molecule has 2 aliphatic rings. The first-order valence-electron chi connectivity index (χ1n) is 15.2. The summed E-state index contributed by atoms with van der Waals surface area (Å²) in [7, 11) is -4.50. The number of rotatable bonds is 12. The number of aliphatic hydroxyl groups excluding tert-OH is 1. The van der Waals surface area contributed by atoms with Crippen molar-refractivity contribution in [2.45, 2.75) is 70.3 Å². The van der Waals surface area contributed by atoms with Crippen LogP contribution in [0.2, 0.25) is 0 Å². The largest absolute Gasteiger partial charge is 0.486 e. The molecule has 1 saturated heterocycles. The summed E-state index contributed by atoms with van der Waals surface area (Å²) in [5, 5.41) is 15.3. The number of nitrogens with zero attached hydrogens (tertiary/aromatic N) is 2. The van der Waals surface area contributed by atoms with Gasteiger partial charge >= 0.3 is 25.3 Å². The average Bonchev–Trinajstić information content (AvgIpc) is 3.27. The average molecular weight is 709 g/mol. The molecule has 0 spiro atoms. The number of esters is 1. The molecule has 3 N–H and O–H groups in total. The lowest BCUT2D eigenvalue weighted by Crippen LogP contribution is -2.42. The highest BCUT2D eigenvalue weighted by Gasteiger charge is 2.60. The second kappa shape index (κ2) is 14.6. The van der Waals surface area contributed by atoms with E-state index < -0.39 is 68.4 Å². The van der Waals surface area contributed by atoms with Gasteiger partial charge in [0.25, 0.3) is 5.91 Å². The fourth-order valence-corrected chi connectivity index (χ4v) is 6.28. The van der Waals surface area contributed by atoms with Gasteiger partial charge in [0.2, 0.25) is 6.23 Å². The molecule has 1 aromatic heterocycles. The predicted octanol–water partition coefficient (Wildman–Crippen LogP) is 3.68. The Morgan fingerprint density at radius 1 is 1.14 bits per heavy atom. The van der Waals surface area contributed by atoms with Crippen LogP contribution in [0.4, 0.5) is 14.6 Å². The minimum Gasteiger partial charge on any atom is -0.486 e. The zero-order valence-electron chi connectivity index (χ0n) is 26.8. The number of ether oxygens (including phenoxy) is 4. The van der Waals surface area contributed by atoms with E-state index in [1.165, 1.54) is 31.2 Å². The van der Waals surface area contributed by atoms with Crippen LogP contribution in [0.1, 0.15) is 44.3 Å². The highest BCUT2D eigenvalue weighted by atomic mass is 31.2. The van der Waals surface area contributed by atoms with Crippen molar-refractivity contribution in [3.8, 4) is 17.2 Å². The van der Waals surface area contributed by atoms with E-state index in [4.69, 9.17) is 28.0 Å². The summed E-state index contributed by atoms with van der Waals surface area (Å²) < 4.78 is 77.4. The lowest BCUT2D eigenvalue weighted by molar-refractivity contribution is -0.149. The molecule has 0 aliphatic carbocycles. The number of alkyl halides is 2. The van der Waals surface area contributed by atoms with Gasteiger partial charge in [-0.25, -0.2) is 9.36 Å². The maximum absolute atomic E-state index is 15.3. The van der Waals surface area contributed by atoms with E-state index in [2.05, 4.69) is 15.4 Å². The Labute approximate surface area is 279 Å². The van der Waals surface area contributed by atoms with Gasteiger partial charge in [-0.1, -0.05) is 18.2 Å². The van der Waals surface area contributed by atoms with Crippen LogP contribution in [0.25, 0.3) is 0 Å². The first-order valence-corrected chi connectivity index (χ1v) is 16.7. The Morgan fingerprint density at radius 3 is 2.57 bits per heavy atom. The molecule has 0 saturated carbocycles. The smallest absolute Gasteiger partial charge is 0.459 e. The minimum absolute atomic E-state index is 0.0623. The third-order valence-electron chi connectivity index (χ3n) is 7.15. The SMILES string of the molecule is CC(C)OC(=O)[C@@H](C)NP(=O)(OC[C@H]1OC(n2ccc(NC(=O)c3ccc4c(c3)OC(C)CO4)nc2=O)C(F)(F)[C@@H]1O)Oc1ccccc1.